The number of hydrogen-bond acceptors (Lipinski definition) is 5. The van der Waals surface area contributed by atoms with Crippen LogP contribution < -0.4 is 15.0 Å². The van der Waals surface area contributed by atoms with Crippen molar-refractivity contribution in [2.75, 3.05) is 14.2 Å². The van der Waals surface area contributed by atoms with Crippen LogP contribution in [-0.4, -0.2) is 28.8 Å². The van der Waals surface area contributed by atoms with E-state index in [4.69, 9.17) is 9.47 Å². The molecule has 2 heterocycles. The summed E-state index contributed by atoms with van der Waals surface area (Å²) in [5, 5.41) is 0.505. The molecule has 0 aliphatic heterocycles. The molecule has 2 aromatic heterocycles. The smallest absolute Gasteiger partial charge is 0.267 e. The second kappa shape index (κ2) is 7.39. The molecule has 0 atom stereocenters. The molecule has 0 N–H and O–H groups in total. The van der Waals surface area contributed by atoms with E-state index in [2.05, 4.69) is 9.97 Å². The molecule has 0 aliphatic carbocycles. The fraction of sp³-hybridized carbons (Fsp3) is 0.174. The van der Waals surface area contributed by atoms with Gasteiger partial charge in [-0.05, 0) is 37.6 Å². The van der Waals surface area contributed by atoms with Crippen molar-refractivity contribution >= 4 is 11.0 Å². The number of pyridine rings is 1. The second-order valence-electron chi connectivity index (χ2n) is 6.73. The molecule has 0 saturated carbocycles. The number of aryl methyl sites for hydroxylation is 2. The van der Waals surface area contributed by atoms with E-state index in [0.29, 0.717) is 34.0 Å². The summed E-state index contributed by atoms with van der Waals surface area (Å²) in [7, 11) is 3.14. The molecule has 0 spiro atoms. The van der Waals surface area contributed by atoms with Gasteiger partial charge in [-0.15, -0.1) is 0 Å². The highest BCUT2D eigenvalue weighted by molar-refractivity contribution is 5.81. The Hall–Kier alpha value is -3.67. The van der Waals surface area contributed by atoms with Gasteiger partial charge < -0.3 is 9.47 Å². The topological polar surface area (TPSA) is 66.2 Å². The van der Waals surface area contributed by atoms with Crippen molar-refractivity contribution in [3.8, 4) is 28.4 Å². The van der Waals surface area contributed by atoms with Crippen molar-refractivity contribution in [1.82, 2.24) is 14.5 Å². The van der Waals surface area contributed by atoms with Gasteiger partial charge in [0, 0.05) is 11.6 Å². The van der Waals surface area contributed by atoms with Crippen LogP contribution in [0.5, 0.6) is 11.5 Å². The average molecular weight is 387 g/mol. The Morgan fingerprint density at radius 3 is 2.28 bits per heavy atom. The van der Waals surface area contributed by atoms with Gasteiger partial charge >= 0.3 is 0 Å². The first-order chi connectivity index (χ1) is 14.0. The van der Waals surface area contributed by atoms with Crippen molar-refractivity contribution in [1.29, 1.82) is 0 Å². The van der Waals surface area contributed by atoms with Crippen molar-refractivity contribution in [3.05, 3.63) is 76.3 Å². The second-order valence-corrected chi connectivity index (χ2v) is 6.73. The molecule has 0 amide bonds. The molecule has 6 heteroatoms. The maximum Gasteiger partial charge on any atom is 0.267 e. The minimum absolute atomic E-state index is 0.163. The number of methoxy groups -OCH3 is 2. The zero-order valence-corrected chi connectivity index (χ0v) is 16.8. The minimum atomic E-state index is -0.163. The van der Waals surface area contributed by atoms with Gasteiger partial charge in [-0.1, -0.05) is 30.3 Å². The van der Waals surface area contributed by atoms with Crippen LogP contribution in [0.1, 0.15) is 11.4 Å². The van der Waals surface area contributed by atoms with Crippen LogP contribution in [-0.2, 0) is 0 Å². The molecule has 4 aromatic rings. The van der Waals surface area contributed by atoms with Crippen LogP contribution in [0.4, 0.5) is 0 Å². The lowest BCUT2D eigenvalue weighted by Gasteiger charge is -2.14. The predicted molar refractivity (Wildman–Crippen MR) is 113 cm³/mol. The standard InChI is InChI=1S/C23H21N3O3/c1-14-12-18(16-8-6-5-7-9-16)25-22-21(14)23(27)26(15(2)24-22)17-10-11-19(28-3)20(13-17)29-4/h5-13H,1-4H3. The van der Waals surface area contributed by atoms with Gasteiger partial charge in [0.25, 0.3) is 5.56 Å². The average Bonchev–Trinajstić information content (AvgIpc) is 2.73. The maximum absolute atomic E-state index is 13.4. The summed E-state index contributed by atoms with van der Waals surface area (Å²) in [6.07, 6.45) is 0. The summed E-state index contributed by atoms with van der Waals surface area (Å²) in [6, 6.07) is 17.1. The first kappa shape index (κ1) is 18.7. The Kier molecular flexibility index (Phi) is 4.76. The third kappa shape index (κ3) is 3.23. The molecule has 146 valence electrons. The summed E-state index contributed by atoms with van der Waals surface area (Å²) in [5.74, 6) is 1.69. The van der Waals surface area contributed by atoms with Gasteiger partial charge in [-0.25, -0.2) is 9.97 Å². The summed E-state index contributed by atoms with van der Waals surface area (Å²) >= 11 is 0. The summed E-state index contributed by atoms with van der Waals surface area (Å²) in [5.41, 5.74) is 3.56. The lowest BCUT2D eigenvalue weighted by atomic mass is 10.1. The van der Waals surface area contributed by atoms with Crippen molar-refractivity contribution in [3.63, 3.8) is 0 Å². The Labute approximate surface area is 168 Å². The van der Waals surface area contributed by atoms with E-state index in [-0.39, 0.29) is 5.56 Å². The SMILES string of the molecule is COc1ccc(-n2c(C)nc3nc(-c4ccccc4)cc(C)c3c2=O)cc1OC. The van der Waals surface area contributed by atoms with Crippen LogP contribution in [0.2, 0.25) is 0 Å². The van der Waals surface area contributed by atoms with Gasteiger partial charge in [-0.2, -0.15) is 0 Å². The van der Waals surface area contributed by atoms with Crippen molar-refractivity contribution < 1.29 is 9.47 Å². The van der Waals surface area contributed by atoms with E-state index in [9.17, 15) is 4.79 Å². The van der Waals surface area contributed by atoms with Crippen LogP contribution in [0, 0.1) is 13.8 Å². The predicted octanol–water partition coefficient (Wildman–Crippen LogP) is 4.08. The quantitative estimate of drug-likeness (QED) is 0.528. The van der Waals surface area contributed by atoms with E-state index >= 15 is 0 Å². The largest absolute Gasteiger partial charge is 0.493 e. The molecule has 0 unspecified atom stereocenters. The third-order valence-corrected chi connectivity index (χ3v) is 4.90. The molecule has 0 radical (unpaired) electrons. The lowest BCUT2D eigenvalue weighted by Crippen LogP contribution is -2.23. The lowest BCUT2D eigenvalue weighted by molar-refractivity contribution is 0.355. The van der Waals surface area contributed by atoms with Crippen molar-refractivity contribution in [2.24, 2.45) is 0 Å². The van der Waals surface area contributed by atoms with E-state index in [1.807, 2.05) is 49.4 Å². The molecular formula is C23H21N3O3. The molecule has 29 heavy (non-hydrogen) atoms. The van der Waals surface area contributed by atoms with E-state index < -0.39 is 0 Å². The Morgan fingerprint density at radius 1 is 0.862 bits per heavy atom. The molecule has 4 rings (SSSR count). The molecule has 0 aliphatic rings. The molecule has 0 fully saturated rings. The Bertz CT molecular complexity index is 1260. The number of nitrogens with zero attached hydrogens (tertiary/aromatic N) is 3. The number of aromatic nitrogens is 3. The van der Waals surface area contributed by atoms with Crippen LogP contribution in [0.15, 0.2) is 59.4 Å². The summed E-state index contributed by atoms with van der Waals surface area (Å²) in [6.45, 7) is 3.71. The number of hydrogen-bond donors (Lipinski definition) is 0. The zero-order chi connectivity index (χ0) is 20.5. The fourth-order valence-corrected chi connectivity index (χ4v) is 3.49. The van der Waals surface area contributed by atoms with Gasteiger partial charge in [0.15, 0.2) is 17.1 Å². The summed E-state index contributed by atoms with van der Waals surface area (Å²) < 4.78 is 12.2. The normalized spacial score (nSPS) is 10.9. The van der Waals surface area contributed by atoms with Gasteiger partial charge in [0.2, 0.25) is 0 Å². The highest BCUT2D eigenvalue weighted by Gasteiger charge is 2.16. The van der Waals surface area contributed by atoms with Gasteiger partial charge in [0.1, 0.15) is 5.82 Å². The van der Waals surface area contributed by atoms with Crippen molar-refractivity contribution in [2.45, 2.75) is 13.8 Å². The van der Waals surface area contributed by atoms with Gasteiger partial charge in [-0.3, -0.25) is 9.36 Å². The zero-order valence-electron chi connectivity index (χ0n) is 16.8. The first-order valence-electron chi connectivity index (χ1n) is 9.22. The number of rotatable bonds is 4. The van der Waals surface area contributed by atoms with E-state index in [0.717, 1.165) is 16.8 Å². The molecule has 2 aromatic carbocycles. The van der Waals surface area contributed by atoms with Gasteiger partial charge in [0.05, 0.1) is 31.0 Å². The number of benzene rings is 2. The minimum Gasteiger partial charge on any atom is -0.493 e. The molecule has 0 saturated heterocycles. The Morgan fingerprint density at radius 2 is 1.59 bits per heavy atom. The van der Waals surface area contributed by atoms with Crippen LogP contribution in [0.3, 0.4) is 0 Å². The molecule has 0 bridgehead atoms. The monoisotopic (exact) mass is 387 g/mol. The van der Waals surface area contributed by atoms with E-state index in [1.165, 1.54) is 0 Å². The first-order valence-corrected chi connectivity index (χ1v) is 9.22. The molecular weight excluding hydrogens is 366 g/mol. The fourth-order valence-electron chi connectivity index (χ4n) is 3.49. The number of ether oxygens (including phenoxy) is 2. The highest BCUT2D eigenvalue weighted by Crippen LogP contribution is 2.29. The third-order valence-electron chi connectivity index (χ3n) is 4.90. The Balaban J connectivity index is 1.94. The number of fused-ring (bicyclic) bond motifs is 1. The summed E-state index contributed by atoms with van der Waals surface area (Å²) in [4.78, 5) is 22.7. The van der Waals surface area contributed by atoms with Crippen LogP contribution in [0.25, 0.3) is 28.0 Å². The van der Waals surface area contributed by atoms with Crippen LogP contribution >= 0.6 is 0 Å². The van der Waals surface area contributed by atoms with E-state index in [1.54, 1.807) is 37.8 Å². The molecule has 6 nitrogen and oxygen atoms in total. The highest BCUT2D eigenvalue weighted by atomic mass is 16.5. The maximum atomic E-state index is 13.4.